The van der Waals surface area contributed by atoms with Crippen LogP contribution in [0.1, 0.15) is 42.3 Å². The number of anilines is 1. The van der Waals surface area contributed by atoms with Crippen LogP contribution < -0.4 is 9.47 Å². The zero-order valence-corrected chi connectivity index (χ0v) is 19.4. The van der Waals surface area contributed by atoms with Crippen molar-refractivity contribution in [2.45, 2.75) is 40.2 Å². The Bertz CT molecular complexity index is 966. The van der Waals surface area contributed by atoms with Crippen LogP contribution in [0.15, 0.2) is 48.5 Å². The van der Waals surface area contributed by atoms with E-state index < -0.39 is 7.25 Å². The molecule has 1 aliphatic carbocycles. The Kier molecular flexibility index (Phi) is 8.87. The smallest absolute Gasteiger partial charge is 0.418 e. The first-order valence-corrected chi connectivity index (χ1v) is 10.8. The van der Waals surface area contributed by atoms with Gasteiger partial charge in [0.2, 0.25) is 0 Å². The number of halogens is 4. The van der Waals surface area contributed by atoms with Crippen molar-refractivity contribution in [3.05, 3.63) is 71.0 Å². The molecular weight excluding hydrogens is 415 g/mol. The molecule has 32 heavy (non-hydrogen) atoms. The van der Waals surface area contributed by atoms with Gasteiger partial charge in [0, 0.05) is 40.1 Å². The van der Waals surface area contributed by atoms with Gasteiger partial charge in [-0.25, -0.2) is 0 Å². The van der Waals surface area contributed by atoms with E-state index in [1.54, 1.807) is 0 Å². The molecule has 0 fully saturated rings. The minimum atomic E-state index is -6.00. The predicted molar refractivity (Wildman–Crippen MR) is 128 cm³/mol. The summed E-state index contributed by atoms with van der Waals surface area (Å²) in [5.41, 5.74) is 9.14. The molecule has 0 spiro atoms. The zero-order valence-electron chi connectivity index (χ0n) is 19.4. The molecular formula is C25H31BF4N2. The highest BCUT2D eigenvalue weighted by molar-refractivity contribution is 6.50. The number of nitrogens with zero attached hydrogens (tertiary/aromatic N) is 2. The van der Waals surface area contributed by atoms with Crippen LogP contribution in [0.3, 0.4) is 0 Å². The van der Waals surface area contributed by atoms with Crippen molar-refractivity contribution in [2.24, 2.45) is 0 Å². The third-order valence-corrected chi connectivity index (χ3v) is 5.38. The Morgan fingerprint density at radius 2 is 1.19 bits per heavy atom. The second-order valence-corrected chi connectivity index (χ2v) is 7.98. The van der Waals surface area contributed by atoms with Crippen molar-refractivity contribution >= 4 is 25.1 Å². The van der Waals surface area contributed by atoms with Crippen LogP contribution in [0.5, 0.6) is 0 Å². The Labute approximate surface area is 188 Å². The first kappa shape index (κ1) is 25.4. The molecule has 0 amide bonds. The number of rotatable bonds is 6. The fraction of sp³-hybridized carbons (Fsp3) is 0.320. The minimum absolute atomic E-state index is 1.11. The SMILES string of the molecule is CCCC[n+]1c(C)c2ccc(/C=C/c3ccc(N(C)C)cc3)ccc-2c1C.F[B-](F)(F)F. The highest BCUT2D eigenvalue weighted by Gasteiger charge is 2.24. The standard InChI is InChI=1S/C25H31N2.BF4/c1-6-7-18-27-19(2)24-16-12-22(13-17-25(24)20(27)3)9-8-21-10-14-23(15-11-21)26(4)5;2-1(3,4)5/h8-17H,6-7,18H2,1-5H3;/q+1;-1. The molecule has 1 aromatic rings. The third-order valence-electron chi connectivity index (χ3n) is 5.38. The Balaban J connectivity index is 0.000000654. The van der Waals surface area contributed by atoms with Crippen molar-refractivity contribution in [1.82, 2.24) is 0 Å². The summed E-state index contributed by atoms with van der Waals surface area (Å²) in [5, 5.41) is 0. The summed E-state index contributed by atoms with van der Waals surface area (Å²) in [4.78, 5) is 2.12. The van der Waals surface area contributed by atoms with Crippen LogP contribution in [0.2, 0.25) is 0 Å². The third kappa shape index (κ3) is 7.40. The summed E-state index contributed by atoms with van der Waals surface area (Å²) < 4.78 is 41.5. The summed E-state index contributed by atoms with van der Waals surface area (Å²) in [6.45, 7) is 7.85. The average molecular weight is 446 g/mol. The van der Waals surface area contributed by atoms with E-state index in [2.05, 4.69) is 105 Å². The monoisotopic (exact) mass is 446 g/mol. The summed E-state index contributed by atoms with van der Waals surface area (Å²) >= 11 is 0. The van der Waals surface area contributed by atoms with Crippen LogP contribution in [-0.2, 0) is 6.54 Å². The van der Waals surface area contributed by atoms with Gasteiger partial charge in [0.15, 0.2) is 11.4 Å². The van der Waals surface area contributed by atoms with E-state index in [9.17, 15) is 17.3 Å². The fourth-order valence-electron chi connectivity index (χ4n) is 3.61. The average Bonchev–Trinajstić information content (AvgIpc) is 2.86. The lowest BCUT2D eigenvalue weighted by molar-refractivity contribution is -0.704. The van der Waals surface area contributed by atoms with E-state index in [0.717, 1.165) is 6.54 Å². The molecule has 0 N–H and O–H groups in total. The highest BCUT2D eigenvalue weighted by Crippen LogP contribution is 2.27. The minimum Gasteiger partial charge on any atom is -0.418 e. The second-order valence-electron chi connectivity index (χ2n) is 7.98. The van der Waals surface area contributed by atoms with E-state index >= 15 is 0 Å². The molecule has 0 atom stereocenters. The van der Waals surface area contributed by atoms with E-state index in [4.69, 9.17) is 0 Å². The molecule has 0 unspecified atom stereocenters. The topological polar surface area (TPSA) is 7.12 Å². The van der Waals surface area contributed by atoms with Gasteiger partial charge in [-0.1, -0.05) is 49.8 Å². The second kappa shape index (κ2) is 11.2. The molecule has 1 aromatic carbocycles. The summed E-state index contributed by atoms with van der Waals surface area (Å²) in [6.07, 6.45) is 6.83. The van der Waals surface area contributed by atoms with Crippen LogP contribution >= 0.6 is 0 Å². The molecule has 1 aliphatic heterocycles. The number of unbranched alkanes of at least 4 members (excludes halogenated alkanes) is 1. The van der Waals surface area contributed by atoms with Gasteiger partial charge in [0.05, 0.1) is 11.1 Å². The van der Waals surface area contributed by atoms with Crippen molar-refractivity contribution in [3.63, 3.8) is 0 Å². The lowest BCUT2D eigenvalue weighted by Crippen LogP contribution is -2.37. The van der Waals surface area contributed by atoms with Crippen molar-refractivity contribution in [1.29, 1.82) is 0 Å². The van der Waals surface area contributed by atoms with Gasteiger partial charge in [0.25, 0.3) is 0 Å². The maximum atomic E-state index is 9.75. The quantitative estimate of drug-likeness (QED) is 0.224. The number of hydrogen-bond donors (Lipinski definition) is 0. The molecule has 0 saturated carbocycles. The van der Waals surface area contributed by atoms with Gasteiger partial charge in [-0.05, 0) is 35.4 Å². The first-order chi connectivity index (χ1) is 15.0. The van der Waals surface area contributed by atoms with E-state index in [0.29, 0.717) is 0 Å². The maximum Gasteiger partial charge on any atom is 0.673 e. The fourth-order valence-corrected chi connectivity index (χ4v) is 3.61. The van der Waals surface area contributed by atoms with Gasteiger partial charge >= 0.3 is 7.25 Å². The normalized spacial score (nSPS) is 11.5. The first-order valence-electron chi connectivity index (χ1n) is 10.8. The van der Waals surface area contributed by atoms with E-state index in [-0.39, 0.29) is 0 Å². The maximum absolute atomic E-state index is 9.75. The highest BCUT2D eigenvalue weighted by atomic mass is 19.5. The van der Waals surface area contributed by atoms with Crippen molar-refractivity contribution < 1.29 is 21.8 Å². The van der Waals surface area contributed by atoms with Gasteiger partial charge in [-0.2, -0.15) is 4.57 Å². The molecule has 0 radical (unpaired) electrons. The van der Waals surface area contributed by atoms with Gasteiger partial charge in [-0.3, -0.25) is 0 Å². The molecule has 172 valence electrons. The number of hydrogen-bond acceptors (Lipinski definition) is 1. The molecule has 3 rings (SSSR count). The summed E-state index contributed by atoms with van der Waals surface area (Å²) in [6, 6.07) is 17.6. The van der Waals surface area contributed by atoms with Gasteiger partial charge in [0.1, 0.15) is 6.54 Å². The Morgan fingerprint density at radius 1 is 0.781 bits per heavy atom. The Morgan fingerprint density at radius 3 is 1.56 bits per heavy atom. The molecule has 0 saturated heterocycles. The summed E-state index contributed by atoms with van der Waals surface area (Å²) in [5.74, 6) is 0. The number of benzene rings is 1. The predicted octanol–water partition coefficient (Wildman–Crippen LogP) is 7.03. The molecule has 0 bridgehead atoms. The van der Waals surface area contributed by atoms with E-state index in [1.807, 2.05) is 0 Å². The largest absolute Gasteiger partial charge is 0.673 e. The lowest BCUT2D eigenvalue weighted by atomic mass is 10.1. The molecule has 0 aromatic heterocycles. The lowest BCUT2D eigenvalue weighted by Gasteiger charge is -2.11. The van der Waals surface area contributed by atoms with Crippen LogP contribution in [0, 0.1) is 13.8 Å². The van der Waals surface area contributed by atoms with Crippen LogP contribution in [0.4, 0.5) is 23.0 Å². The Hall–Kier alpha value is -2.83. The molecule has 1 heterocycles. The zero-order chi connectivity index (χ0) is 23.9. The van der Waals surface area contributed by atoms with Crippen molar-refractivity contribution in [3.8, 4) is 11.1 Å². The van der Waals surface area contributed by atoms with Crippen molar-refractivity contribution in [2.75, 3.05) is 19.0 Å². The number of fused-ring (bicyclic) bond motifs is 1. The van der Waals surface area contributed by atoms with Gasteiger partial charge < -0.3 is 22.2 Å². The number of aromatic nitrogens is 1. The van der Waals surface area contributed by atoms with E-state index in [1.165, 1.54) is 52.2 Å². The molecule has 7 heteroatoms. The molecule has 2 aliphatic rings. The van der Waals surface area contributed by atoms with Crippen LogP contribution in [-0.4, -0.2) is 21.3 Å². The van der Waals surface area contributed by atoms with Crippen LogP contribution in [0.25, 0.3) is 23.3 Å². The molecule has 2 nitrogen and oxygen atoms in total. The summed E-state index contributed by atoms with van der Waals surface area (Å²) in [7, 11) is -1.87. The van der Waals surface area contributed by atoms with Gasteiger partial charge in [-0.15, -0.1) is 0 Å².